The van der Waals surface area contributed by atoms with Crippen molar-refractivity contribution >= 4 is 0 Å². The molecule has 0 bridgehead atoms. The van der Waals surface area contributed by atoms with Gasteiger partial charge in [0.15, 0.2) is 0 Å². The second-order valence-corrected chi connectivity index (χ2v) is 4.80. The van der Waals surface area contributed by atoms with Crippen molar-refractivity contribution in [3.8, 4) is 5.75 Å². The monoisotopic (exact) mass is 304 g/mol. The highest BCUT2D eigenvalue weighted by Crippen LogP contribution is 2.26. The number of halogens is 3. The molecule has 0 saturated heterocycles. The minimum Gasteiger partial charge on any atom is -0.496 e. The van der Waals surface area contributed by atoms with E-state index in [1.54, 1.807) is 14.0 Å². The fourth-order valence-electron chi connectivity index (χ4n) is 2.29. The number of likely N-dealkylation sites (N-methyl/N-ethyl adjacent to an activating group) is 2. The molecular formula is C15H23F3N2O. The molecule has 1 aromatic rings. The molecule has 0 fully saturated rings. The maximum Gasteiger partial charge on any atom is 0.401 e. The first kappa shape index (κ1) is 17.8. The molecule has 6 heteroatoms. The number of nitrogens with zero attached hydrogens (tertiary/aromatic N) is 1. The number of hydrogen-bond donors (Lipinski definition) is 1. The molecule has 21 heavy (non-hydrogen) atoms. The van der Waals surface area contributed by atoms with Crippen molar-refractivity contribution in [2.75, 3.05) is 33.3 Å². The van der Waals surface area contributed by atoms with Gasteiger partial charge in [0, 0.05) is 18.2 Å². The Kier molecular flexibility index (Phi) is 6.98. The number of benzene rings is 1. The molecule has 0 aliphatic carbocycles. The Balaban J connectivity index is 2.90. The topological polar surface area (TPSA) is 24.5 Å². The SMILES string of the molecule is CCNC(CN(CC)CC(F)(F)F)c1ccccc1OC. The van der Waals surface area contributed by atoms with Crippen LogP contribution >= 0.6 is 0 Å². The van der Waals surface area contributed by atoms with Gasteiger partial charge < -0.3 is 10.1 Å². The molecule has 1 N–H and O–H groups in total. The molecule has 0 saturated carbocycles. The van der Waals surface area contributed by atoms with Crippen LogP contribution in [0.4, 0.5) is 13.2 Å². The van der Waals surface area contributed by atoms with Crippen LogP contribution in [0, 0.1) is 0 Å². The fourth-order valence-corrected chi connectivity index (χ4v) is 2.29. The van der Waals surface area contributed by atoms with Crippen LogP contribution in [-0.4, -0.2) is 44.4 Å². The Morgan fingerprint density at radius 1 is 1.24 bits per heavy atom. The summed E-state index contributed by atoms with van der Waals surface area (Å²) in [4.78, 5) is 1.39. The van der Waals surface area contributed by atoms with Crippen molar-refractivity contribution in [3.05, 3.63) is 29.8 Å². The minimum absolute atomic E-state index is 0.201. The summed E-state index contributed by atoms with van der Waals surface area (Å²) >= 11 is 0. The van der Waals surface area contributed by atoms with Crippen LogP contribution in [0.15, 0.2) is 24.3 Å². The fraction of sp³-hybridized carbons (Fsp3) is 0.600. The van der Waals surface area contributed by atoms with Crippen LogP contribution < -0.4 is 10.1 Å². The van der Waals surface area contributed by atoms with Gasteiger partial charge in [-0.25, -0.2) is 0 Å². The summed E-state index contributed by atoms with van der Waals surface area (Å²) in [6, 6.07) is 7.21. The van der Waals surface area contributed by atoms with Gasteiger partial charge in [-0.1, -0.05) is 32.0 Å². The van der Waals surface area contributed by atoms with Gasteiger partial charge in [-0.2, -0.15) is 13.2 Å². The van der Waals surface area contributed by atoms with Crippen LogP contribution in [0.25, 0.3) is 0 Å². The molecule has 1 aromatic carbocycles. The summed E-state index contributed by atoms with van der Waals surface area (Å²) in [6.45, 7) is 4.06. The zero-order chi connectivity index (χ0) is 15.9. The Labute approximate surface area is 124 Å². The van der Waals surface area contributed by atoms with Crippen molar-refractivity contribution in [3.63, 3.8) is 0 Å². The van der Waals surface area contributed by atoms with Crippen LogP contribution in [0.1, 0.15) is 25.5 Å². The second-order valence-electron chi connectivity index (χ2n) is 4.80. The van der Waals surface area contributed by atoms with E-state index in [9.17, 15) is 13.2 Å². The summed E-state index contributed by atoms with van der Waals surface area (Å²) in [6.07, 6.45) is -4.19. The molecule has 1 rings (SSSR count). The van der Waals surface area contributed by atoms with Crippen LogP contribution in [0.3, 0.4) is 0 Å². The van der Waals surface area contributed by atoms with Gasteiger partial charge >= 0.3 is 6.18 Å². The highest BCUT2D eigenvalue weighted by atomic mass is 19.4. The maximum atomic E-state index is 12.6. The second kappa shape index (κ2) is 8.24. The number of hydrogen-bond acceptors (Lipinski definition) is 3. The summed E-state index contributed by atoms with van der Waals surface area (Å²) < 4.78 is 43.1. The molecule has 0 heterocycles. The van der Waals surface area contributed by atoms with E-state index in [0.717, 1.165) is 5.56 Å². The molecular weight excluding hydrogens is 281 g/mol. The Bertz CT molecular complexity index is 424. The van der Waals surface area contributed by atoms with E-state index in [-0.39, 0.29) is 12.6 Å². The first-order valence-electron chi connectivity index (χ1n) is 7.06. The van der Waals surface area contributed by atoms with E-state index in [0.29, 0.717) is 18.8 Å². The van der Waals surface area contributed by atoms with E-state index < -0.39 is 12.7 Å². The highest BCUT2D eigenvalue weighted by Gasteiger charge is 2.31. The normalized spacial score (nSPS) is 13.5. The number of methoxy groups -OCH3 is 1. The number of alkyl halides is 3. The van der Waals surface area contributed by atoms with Gasteiger partial charge in [-0.3, -0.25) is 4.90 Å². The Hall–Kier alpha value is -1.27. The van der Waals surface area contributed by atoms with Crippen molar-refractivity contribution < 1.29 is 17.9 Å². The molecule has 0 aliphatic rings. The van der Waals surface area contributed by atoms with Crippen LogP contribution in [-0.2, 0) is 0 Å². The number of nitrogens with one attached hydrogen (secondary N) is 1. The Morgan fingerprint density at radius 2 is 1.90 bits per heavy atom. The molecule has 0 spiro atoms. The van der Waals surface area contributed by atoms with Crippen molar-refractivity contribution in [1.82, 2.24) is 10.2 Å². The molecule has 0 aliphatic heterocycles. The van der Waals surface area contributed by atoms with E-state index in [1.807, 2.05) is 31.2 Å². The lowest BCUT2D eigenvalue weighted by atomic mass is 10.0. The standard InChI is InChI=1S/C15H23F3N2O/c1-4-19-13(10-20(5-2)11-15(16,17)18)12-8-6-7-9-14(12)21-3/h6-9,13,19H,4-5,10-11H2,1-3H3. The molecule has 0 aromatic heterocycles. The third-order valence-corrected chi connectivity index (χ3v) is 3.26. The largest absolute Gasteiger partial charge is 0.496 e. The average molecular weight is 304 g/mol. The van der Waals surface area contributed by atoms with Gasteiger partial charge in [-0.15, -0.1) is 0 Å². The zero-order valence-corrected chi connectivity index (χ0v) is 12.7. The third kappa shape index (κ3) is 5.93. The minimum atomic E-state index is -4.19. The van der Waals surface area contributed by atoms with Crippen molar-refractivity contribution in [2.45, 2.75) is 26.1 Å². The van der Waals surface area contributed by atoms with Gasteiger partial charge in [0.25, 0.3) is 0 Å². The summed E-state index contributed by atoms with van der Waals surface area (Å²) in [5, 5.41) is 3.24. The summed E-state index contributed by atoms with van der Waals surface area (Å²) in [5.41, 5.74) is 0.877. The van der Waals surface area contributed by atoms with Gasteiger partial charge in [0.05, 0.1) is 13.7 Å². The quantitative estimate of drug-likeness (QED) is 0.798. The smallest absolute Gasteiger partial charge is 0.401 e. The zero-order valence-electron chi connectivity index (χ0n) is 12.7. The van der Waals surface area contributed by atoms with Crippen LogP contribution in [0.5, 0.6) is 5.75 Å². The summed E-state index contributed by atoms with van der Waals surface area (Å²) in [5.74, 6) is 0.687. The van der Waals surface area contributed by atoms with Crippen molar-refractivity contribution in [2.24, 2.45) is 0 Å². The van der Waals surface area contributed by atoms with Gasteiger partial charge in [-0.05, 0) is 19.2 Å². The maximum absolute atomic E-state index is 12.6. The molecule has 3 nitrogen and oxygen atoms in total. The first-order valence-corrected chi connectivity index (χ1v) is 7.06. The first-order chi connectivity index (χ1) is 9.91. The predicted octanol–water partition coefficient (Wildman–Crippen LogP) is 3.23. The number of para-hydroxylation sites is 1. The van der Waals surface area contributed by atoms with E-state index in [2.05, 4.69) is 5.32 Å². The average Bonchev–Trinajstić information content (AvgIpc) is 2.44. The van der Waals surface area contributed by atoms with E-state index in [4.69, 9.17) is 4.74 Å². The van der Waals surface area contributed by atoms with E-state index >= 15 is 0 Å². The van der Waals surface area contributed by atoms with E-state index in [1.165, 1.54) is 4.90 Å². The lowest BCUT2D eigenvalue weighted by Gasteiger charge is -2.28. The molecule has 120 valence electrons. The molecule has 0 radical (unpaired) electrons. The van der Waals surface area contributed by atoms with Gasteiger partial charge in [0.1, 0.15) is 5.75 Å². The van der Waals surface area contributed by atoms with Crippen LogP contribution in [0.2, 0.25) is 0 Å². The van der Waals surface area contributed by atoms with Crippen molar-refractivity contribution in [1.29, 1.82) is 0 Å². The number of ether oxygens (including phenoxy) is 1. The summed E-state index contributed by atoms with van der Waals surface area (Å²) in [7, 11) is 1.56. The van der Waals surface area contributed by atoms with Gasteiger partial charge in [0.2, 0.25) is 0 Å². The molecule has 1 unspecified atom stereocenters. The molecule has 1 atom stereocenters. The number of rotatable bonds is 8. The Morgan fingerprint density at radius 3 is 2.43 bits per heavy atom. The molecule has 0 amide bonds. The lowest BCUT2D eigenvalue weighted by molar-refractivity contribution is -0.146. The lowest BCUT2D eigenvalue weighted by Crippen LogP contribution is -2.40. The predicted molar refractivity (Wildman–Crippen MR) is 77.6 cm³/mol. The highest BCUT2D eigenvalue weighted by molar-refractivity contribution is 5.36. The third-order valence-electron chi connectivity index (χ3n) is 3.26.